The van der Waals surface area contributed by atoms with Crippen molar-refractivity contribution in [2.45, 2.75) is 38.1 Å². The van der Waals surface area contributed by atoms with E-state index in [2.05, 4.69) is 26.5 Å². The normalized spacial score (nSPS) is 20.2. The van der Waals surface area contributed by atoms with Gasteiger partial charge in [0.1, 0.15) is 11.6 Å². The molecule has 3 heterocycles. The monoisotopic (exact) mass is 472 g/mol. The van der Waals surface area contributed by atoms with E-state index in [1.807, 2.05) is 42.5 Å². The fraction of sp³-hybridized carbons (Fsp3) is 0.357. The molecule has 3 aromatic rings. The lowest BCUT2D eigenvalue weighted by Gasteiger charge is -2.33. The van der Waals surface area contributed by atoms with Crippen LogP contribution in [-0.4, -0.2) is 53.3 Å². The molecule has 1 aromatic heterocycles. The van der Waals surface area contributed by atoms with Gasteiger partial charge in [-0.05, 0) is 73.3 Å². The second-order valence-electron chi connectivity index (χ2n) is 9.67. The Labute approximate surface area is 203 Å². The van der Waals surface area contributed by atoms with Gasteiger partial charge in [-0.3, -0.25) is 14.8 Å². The first-order valence-corrected chi connectivity index (χ1v) is 12.5. The average Bonchev–Trinajstić information content (AvgIpc) is 3.51. The van der Waals surface area contributed by atoms with E-state index in [4.69, 9.17) is 4.74 Å². The summed E-state index contributed by atoms with van der Waals surface area (Å²) >= 11 is 0. The lowest BCUT2D eigenvalue weighted by molar-refractivity contribution is 0.0907. The minimum atomic E-state index is -0.0868. The predicted octanol–water partition coefficient (Wildman–Crippen LogP) is 4.93. The number of hydrogen-bond donors (Lipinski definition) is 2. The highest BCUT2D eigenvalue weighted by Gasteiger charge is 2.24. The highest BCUT2D eigenvalue weighted by molar-refractivity contribution is 6.01. The van der Waals surface area contributed by atoms with Crippen LogP contribution in [0.1, 0.15) is 41.6 Å². The second kappa shape index (κ2) is 9.30. The fourth-order valence-electron chi connectivity index (χ4n) is 5.36. The Morgan fingerprint density at radius 3 is 3.09 bits per heavy atom. The second-order valence-corrected chi connectivity index (χ2v) is 9.67. The molecule has 0 spiro atoms. The Bertz CT molecular complexity index is 1340. The molecule has 7 heteroatoms. The van der Waals surface area contributed by atoms with Crippen molar-refractivity contribution < 1.29 is 13.9 Å². The van der Waals surface area contributed by atoms with Crippen LogP contribution in [0, 0.1) is 0 Å². The number of aromatic amines is 1. The first-order valence-electron chi connectivity index (χ1n) is 12.5. The Morgan fingerprint density at radius 1 is 1.23 bits per heavy atom. The van der Waals surface area contributed by atoms with Gasteiger partial charge in [0.05, 0.1) is 17.8 Å². The zero-order chi connectivity index (χ0) is 23.8. The Hall–Kier alpha value is -3.45. The lowest BCUT2D eigenvalue weighted by atomic mass is 10.0. The summed E-state index contributed by atoms with van der Waals surface area (Å²) < 4.78 is 19.8. The molecule has 0 saturated carbocycles. The summed E-state index contributed by atoms with van der Waals surface area (Å²) in [4.78, 5) is 15.4. The number of benzene rings is 2. The topological polar surface area (TPSA) is 70.2 Å². The van der Waals surface area contributed by atoms with Gasteiger partial charge in [0.25, 0.3) is 5.91 Å². The van der Waals surface area contributed by atoms with Gasteiger partial charge in [-0.25, -0.2) is 4.39 Å². The molecule has 1 atom stereocenters. The smallest absolute Gasteiger partial charge is 0.251 e. The minimum absolute atomic E-state index is 0.00113. The molecular formula is C28H29FN4O2. The Balaban J connectivity index is 1.17. The number of likely N-dealkylation sites (tertiary alicyclic amines) is 1. The molecule has 6 nitrogen and oxygen atoms in total. The molecule has 0 radical (unpaired) electrons. The van der Waals surface area contributed by atoms with Crippen molar-refractivity contribution in [3.63, 3.8) is 0 Å². The van der Waals surface area contributed by atoms with Crippen molar-refractivity contribution in [2.24, 2.45) is 0 Å². The van der Waals surface area contributed by atoms with Crippen molar-refractivity contribution >= 4 is 16.8 Å². The summed E-state index contributed by atoms with van der Waals surface area (Å²) in [5.74, 6) is 0.851. The number of hydrogen-bond acceptors (Lipinski definition) is 4. The highest BCUT2D eigenvalue weighted by Crippen LogP contribution is 2.33. The number of carbonyl (C=O) groups is 1. The van der Waals surface area contributed by atoms with Crippen LogP contribution < -0.4 is 10.1 Å². The van der Waals surface area contributed by atoms with Gasteiger partial charge in [-0.1, -0.05) is 12.2 Å². The number of ether oxygens (including phenoxy) is 1. The zero-order valence-electron chi connectivity index (χ0n) is 19.6. The largest absolute Gasteiger partial charge is 0.493 e. The van der Waals surface area contributed by atoms with E-state index < -0.39 is 0 Å². The third kappa shape index (κ3) is 4.48. The third-order valence-electron chi connectivity index (χ3n) is 7.22. The summed E-state index contributed by atoms with van der Waals surface area (Å²) in [5, 5.41) is 11.8. The predicted molar refractivity (Wildman–Crippen MR) is 134 cm³/mol. The quantitative estimate of drug-likeness (QED) is 0.552. The van der Waals surface area contributed by atoms with Crippen molar-refractivity contribution in [2.75, 3.05) is 26.2 Å². The van der Waals surface area contributed by atoms with Crippen LogP contribution in [0.4, 0.5) is 4.39 Å². The SMILES string of the molecule is O=C(N[C@@H]1CCCN(CC2=C(F)CCC=C2)C1)c1ccc2[nH]nc(-c3ccc4c(c3)CCO4)c2c1. The van der Waals surface area contributed by atoms with E-state index in [1.165, 1.54) is 5.56 Å². The van der Waals surface area contributed by atoms with Crippen LogP contribution in [0.5, 0.6) is 5.75 Å². The summed E-state index contributed by atoms with van der Waals surface area (Å²) in [7, 11) is 0. The first kappa shape index (κ1) is 22.0. The maximum absolute atomic E-state index is 14.2. The molecule has 180 valence electrons. The fourth-order valence-corrected chi connectivity index (χ4v) is 5.36. The van der Waals surface area contributed by atoms with E-state index in [-0.39, 0.29) is 17.8 Å². The number of rotatable bonds is 5. The van der Waals surface area contributed by atoms with E-state index in [0.29, 0.717) is 25.1 Å². The van der Waals surface area contributed by atoms with Gasteiger partial charge in [0, 0.05) is 48.5 Å². The number of fused-ring (bicyclic) bond motifs is 2. The van der Waals surface area contributed by atoms with Crippen molar-refractivity contribution in [3.05, 3.63) is 71.1 Å². The van der Waals surface area contributed by atoms with Crippen LogP contribution in [0.15, 0.2) is 60.0 Å². The number of aromatic nitrogens is 2. The number of carbonyl (C=O) groups excluding carboxylic acids is 1. The van der Waals surface area contributed by atoms with Gasteiger partial charge in [0.15, 0.2) is 0 Å². The molecule has 2 aromatic carbocycles. The minimum Gasteiger partial charge on any atom is -0.493 e. The molecule has 3 aliphatic rings. The Morgan fingerprint density at radius 2 is 2.17 bits per heavy atom. The summed E-state index contributed by atoms with van der Waals surface area (Å²) in [6.07, 6.45) is 8.03. The molecular weight excluding hydrogens is 443 g/mol. The molecule has 2 N–H and O–H groups in total. The Kier molecular flexibility index (Phi) is 5.86. The summed E-state index contributed by atoms with van der Waals surface area (Å²) in [6, 6.07) is 11.8. The standard InChI is InChI=1S/C28H29FN4O2/c29-24-6-2-1-4-21(24)16-33-12-3-5-22(17-33)30-28(34)20-7-9-25-23(15-20)27(32-31-25)19-8-10-26-18(14-19)11-13-35-26/h1,4,7-10,14-15,22H,2-3,5-6,11-13,16-17H2,(H,30,34)(H,31,32)/t22-/m1/s1. The van der Waals surface area contributed by atoms with E-state index >= 15 is 0 Å². The molecule has 0 unspecified atom stereocenters. The van der Waals surface area contributed by atoms with Gasteiger partial charge in [-0.2, -0.15) is 5.10 Å². The van der Waals surface area contributed by atoms with Crippen molar-refractivity contribution in [1.82, 2.24) is 20.4 Å². The number of piperidine rings is 1. The maximum Gasteiger partial charge on any atom is 0.251 e. The van der Waals surface area contributed by atoms with Crippen LogP contribution in [0.2, 0.25) is 0 Å². The number of nitrogens with zero attached hydrogens (tertiary/aromatic N) is 2. The van der Waals surface area contributed by atoms with Crippen molar-refractivity contribution in [3.8, 4) is 17.0 Å². The van der Waals surface area contributed by atoms with Gasteiger partial charge in [0.2, 0.25) is 0 Å². The average molecular weight is 473 g/mol. The van der Waals surface area contributed by atoms with E-state index in [1.54, 1.807) is 0 Å². The maximum atomic E-state index is 14.2. The lowest BCUT2D eigenvalue weighted by Crippen LogP contribution is -2.48. The molecule has 6 rings (SSSR count). The number of nitrogens with one attached hydrogen (secondary N) is 2. The molecule has 35 heavy (non-hydrogen) atoms. The van der Waals surface area contributed by atoms with Crippen LogP contribution in [0.25, 0.3) is 22.2 Å². The third-order valence-corrected chi connectivity index (χ3v) is 7.22. The summed E-state index contributed by atoms with van der Waals surface area (Å²) in [5.41, 5.74) is 5.33. The zero-order valence-corrected chi connectivity index (χ0v) is 19.6. The van der Waals surface area contributed by atoms with Gasteiger partial charge in [-0.15, -0.1) is 0 Å². The molecule has 1 amide bonds. The summed E-state index contributed by atoms with van der Waals surface area (Å²) in [6.45, 7) is 2.97. The molecule has 1 saturated heterocycles. The first-order chi connectivity index (χ1) is 17.1. The number of amides is 1. The van der Waals surface area contributed by atoms with Crippen LogP contribution in [-0.2, 0) is 6.42 Å². The molecule has 0 bridgehead atoms. The highest BCUT2D eigenvalue weighted by atomic mass is 19.1. The molecule has 1 fully saturated rings. The van der Waals surface area contributed by atoms with Gasteiger partial charge >= 0.3 is 0 Å². The number of halogens is 1. The molecule has 1 aliphatic carbocycles. The van der Waals surface area contributed by atoms with Crippen molar-refractivity contribution in [1.29, 1.82) is 0 Å². The van der Waals surface area contributed by atoms with Crippen LogP contribution >= 0.6 is 0 Å². The van der Waals surface area contributed by atoms with Gasteiger partial charge < -0.3 is 10.1 Å². The number of allylic oxidation sites excluding steroid dienone is 2. The molecule has 2 aliphatic heterocycles. The van der Waals surface area contributed by atoms with Crippen LogP contribution in [0.3, 0.4) is 0 Å². The van der Waals surface area contributed by atoms with E-state index in [9.17, 15) is 9.18 Å². The number of H-pyrrole nitrogens is 1. The van der Waals surface area contributed by atoms with E-state index in [0.717, 1.165) is 72.3 Å².